The van der Waals surface area contributed by atoms with Crippen LogP contribution in [0.15, 0.2) is 18.7 Å². The third-order valence-corrected chi connectivity index (χ3v) is 3.27. The van der Waals surface area contributed by atoms with Crippen molar-refractivity contribution in [3.05, 3.63) is 18.7 Å². The summed E-state index contributed by atoms with van der Waals surface area (Å²) in [4.78, 5) is 4.00. The van der Waals surface area contributed by atoms with Crippen molar-refractivity contribution in [3.63, 3.8) is 0 Å². The van der Waals surface area contributed by atoms with Gasteiger partial charge in [0.05, 0.1) is 6.33 Å². The molecule has 0 aromatic carbocycles. The fourth-order valence-electron chi connectivity index (χ4n) is 1.34. The van der Waals surface area contributed by atoms with Gasteiger partial charge in [-0.25, -0.2) is 4.98 Å². The zero-order valence-electron chi connectivity index (χ0n) is 9.64. The SMILES string of the molecule is OCCCSCCNCCCn1ccnc1. The fourth-order valence-corrected chi connectivity index (χ4v) is 2.17. The summed E-state index contributed by atoms with van der Waals surface area (Å²) < 4.78 is 2.09. The van der Waals surface area contributed by atoms with Crippen molar-refractivity contribution in [1.82, 2.24) is 14.9 Å². The van der Waals surface area contributed by atoms with Crippen molar-refractivity contribution in [2.45, 2.75) is 19.4 Å². The smallest absolute Gasteiger partial charge is 0.0945 e. The molecule has 0 spiro atoms. The highest BCUT2D eigenvalue weighted by Gasteiger charge is 1.92. The van der Waals surface area contributed by atoms with Crippen LogP contribution in [0.1, 0.15) is 12.8 Å². The van der Waals surface area contributed by atoms with Crippen LogP contribution in [-0.4, -0.2) is 45.9 Å². The fraction of sp³-hybridized carbons (Fsp3) is 0.727. The molecule has 0 amide bonds. The maximum atomic E-state index is 8.59. The van der Waals surface area contributed by atoms with Gasteiger partial charge in [0.25, 0.3) is 0 Å². The summed E-state index contributed by atoms with van der Waals surface area (Å²) >= 11 is 1.90. The zero-order chi connectivity index (χ0) is 11.5. The molecule has 0 saturated heterocycles. The number of rotatable bonds is 10. The van der Waals surface area contributed by atoms with E-state index in [-0.39, 0.29) is 0 Å². The van der Waals surface area contributed by atoms with Crippen LogP contribution in [0.25, 0.3) is 0 Å². The van der Waals surface area contributed by atoms with Crippen molar-refractivity contribution in [1.29, 1.82) is 0 Å². The third kappa shape index (κ3) is 6.87. The molecular weight excluding hydrogens is 222 g/mol. The summed E-state index contributed by atoms with van der Waals surface area (Å²) in [6, 6.07) is 0. The maximum Gasteiger partial charge on any atom is 0.0945 e. The third-order valence-electron chi connectivity index (χ3n) is 2.20. The topological polar surface area (TPSA) is 50.1 Å². The van der Waals surface area contributed by atoms with Gasteiger partial charge in [0.1, 0.15) is 0 Å². The molecule has 0 aliphatic carbocycles. The molecule has 0 fully saturated rings. The Morgan fingerprint density at radius 3 is 2.94 bits per heavy atom. The van der Waals surface area contributed by atoms with Crippen LogP contribution < -0.4 is 5.32 Å². The van der Waals surface area contributed by atoms with E-state index in [4.69, 9.17) is 5.11 Å². The minimum absolute atomic E-state index is 0.311. The van der Waals surface area contributed by atoms with Gasteiger partial charge in [-0.2, -0.15) is 11.8 Å². The lowest BCUT2D eigenvalue weighted by Crippen LogP contribution is -2.19. The average Bonchev–Trinajstić information content (AvgIpc) is 2.80. The molecule has 2 N–H and O–H groups in total. The Morgan fingerprint density at radius 2 is 2.19 bits per heavy atom. The Morgan fingerprint density at radius 1 is 1.25 bits per heavy atom. The van der Waals surface area contributed by atoms with E-state index in [9.17, 15) is 0 Å². The van der Waals surface area contributed by atoms with Crippen molar-refractivity contribution in [2.75, 3.05) is 31.2 Å². The lowest BCUT2D eigenvalue weighted by atomic mass is 10.4. The molecule has 0 radical (unpaired) electrons. The van der Waals surface area contributed by atoms with Gasteiger partial charge < -0.3 is 15.0 Å². The number of hydrogen-bond donors (Lipinski definition) is 2. The largest absolute Gasteiger partial charge is 0.396 e. The lowest BCUT2D eigenvalue weighted by molar-refractivity contribution is 0.296. The number of aliphatic hydroxyl groups is 1. The van der Waals surface area contributed by atoms with E-state index in [0.717, 1.165) is 44.0 Å². The van der Waals surface area contributed by atoms with E-state index in [0.29, 0.717) is 6.61 Å². The molecule has 0 atom stereocenters. The number of nitrogens with zero attached hydrogens (tertiary/aromatic N) is 2. The quantitative estimate of drug-likeness (QED) is 0.601. The summed E-state index contributed by atoms with van der Waals surface area (Å²) in [5.74, 6) is 2.19. The number of thioether (sulfide) groups is 1. The minimum atomic E-state index is 0.311. The van der Waals surface area contributed by atoms with Crippen molar-refractivity contribution < 1.29 is 5.11 Å². The first-order valence-corrected chi connectivity index (χ1v) is 6.94. The second kappa shape index (κ2) is 9.69. The zero-order valence-corrected chi connectivity index (χ0v) is 10.5. The normalized spacial score (nSPS) is 10.8. The summed E-state index contributed by atoms with van der Waals surface area (Å²) in [6.45, 7) is 3.45. The number of hydrogen-bond acceptors (Lipinski definition) is 4. The van der Waals surface area contributed by atoms with E-state index in [1.807, 2.05) is 30.5 Å². The van der Waals surface area contributed by atoms with Crippen LogP contribution in [0.3, 0.4) is 0 Å². The molecule has 0 aliphatic rings. The van der Waals surface area contributed by atoms with Crippen LogP contribution in [0.5, 0.6) is 0 Å². The molecule has 4 nitrogen and oxygen atoms in total. The van der Waals surface area contributed by atoms with Crippen LogP contribution >= 0.6 is 11.8 Å². The minimum Gasteiger partial charge on any atom is -0.396 e. The lowest BCUT2D eigenvalue weighted by Gasteiger charge is -2.05. The first-order chi connectivity index (χ1) is 7.93. The van der Waals surface area contributed by atoms with Crippen LogP contribution in [0, 0.1) is 0 Å². The summed E-state index contributed by atoms with van der Waals surface area (Å²) in [5, 5.41) is 12.0. The molecule has 0 bridgehead atoms. The number of nitrogens with one attached hydrogen (secondary N) is 1. The second-order valence-corrected chi connectivity index (χ2v) is 4.82. The van der Waals surface area contributed by atoms with Crippen molar-refractivity contribution >= 4 is 11.8 Å². The van der Waals surface area contributed by atoms with Gasteiger partial charge >= 0.3 is 0 Å². The molecule has 0 aliphatic heterocycles. The molecule has 0 saturated carbocycles. The molecule has 1 aromatic heterocycles. The monoisotopic (exact) mass is 243 g/mol. The molecule has 5 heteroatoms. The summed E-state index contributed by atoms with van der Waals surface area (Å²) in [7, 11) is 0. The highest BCUT2D eigenvalue weighted by Crippen LogP contribution is 1.99. The van der Waals surface area contributed by atoms with Gasteiger partial charge in [0.15, 0.2) is 0 Å². The first kappa shape index (κ1) is 13.5. The Bertz CT molecular complexity index is 241. The van der Waals surface area contributed by atoms with E-state index in [1.165, 1.54) is 0 Å². The van der Waals surface area contributed by atoms with Crippen LogP contribution in [0.2, 0.25) is 0 Å². The standard InChI is InChI=1S/C11H21N3OS/c15-8-2-9-16-10-5-12-3-1-6-14-7-4-13-11-14/h4,7,11-12,15H,1-3,5-6,8-10H2. The van der Waals surface area contributed by atoms with Crippen LogP contribution in [-0.2, 0) is 6.54 Å². The van der Waals surface area contributed by atoms with Gasteiger partial charge in [0.2, 0.25) is 0 Å². The van der Waals surface area contributed by atoms with Crippen LogP contribution in [0.4, 0.5) is 0 Å². The number of aromatic nitrogens is 2. The highest BCUT2D eigenvalue weighted by molar-refractivity contribution is 7.99. The van der Waals surface area contributed by atoms with E-state index < -0.39 is 0 Å². The van der Waals surface area contributed by atoms with Gasteiger partial charge in [-0.3, -0.25) is 0 Å². The Labute approximate surface area is 101 Å². The Kier molecular flexibility index (Phi) is 8.20. The molecular formula is C11H21N3OS. The predicted octanol–water partition coefficient (Wildman–Crippen LogP) is 0.978. The molecule has 1 aromatic rings. The highest BCUT2D eigenvalue weighted by atomic mass is 32.2. The van der Waals surface area contributed by atoms with Crippen molar-refractivity contribution in [3.8, 4) is 0 Å². The van der Waals surface area contributed by atoms with Crippen molar-refractivity contribution in [2.24, 2.45) is 0 Å². The predicted molar refractivity (Wildman–Crippen MR) is 68.7 cm³/mol. The van der Waals surface area contributed by atoms with E-state index >= 15 is 0 Å². The summed E-state index contributed by atoms with van der Waals surface area (Å²) in [5.41, 5.74) is 0. The second-order valence-electron chi connectivity index (χ2n) is 3.59. The Hall–Kier alpha value is -0.520. The number of aryl methyl sites for hydroxylation is 1. The summed E-state index contributed by atoms with van der Waals surface area (Å²) in [6.07, 6.45) is 7.70. The Balaban J connectivity index is 1.78. The van der Waals surface area contributed by atoms with Gasteiger partial charge in [-0.05, 0) is 25.1 Å². The molecule has 0 unspecified atom stereocenters. The average molecular weight is 243 g/mol. The van der Waals surface area contributed by atoms with E-state index in [1.54, 1.807) is 0 Å². The number of imidazole rings is 1. The van der Waals surface area contributed by atoms with Gasteiger partial charge in [0, 0.05) is 37.8 Å². The maximum absolute atomic E-state index is 8.59. The van der Waals surface area contributed by atoms with Gasteiger partial charge in [-0.15, -0.1) is 0 Å². The molecule has 1 heterocycles. The molecule has 1 rings (SSSR count). The first-order valence-electron chi connectivity index (χ1n) is 5.78. The number of aliphatic hydroxyl groups excluding tert-OH is 1. The molecule has 92 valence electrons. The van der Waals surface area contributed by atoms with Gasteiger partial charge in [-0.1, -0.05) is 0 Å². The van der Waals surface area contributed by atoms with E-state index in [2.05, 4.69) is 14.9 Å². The molecule has 16 heavy (non-hydrogen) atoms.